The fourth-order valence-corrected chi connectivity index (χ4v) is 4.12. The molecule has 0 saturated carbocycles. The third kappa shape index (κ3) is 7.94. The van der Waals surface area contributed by atoms with Gasteiger partial charge in [-0.2, -0.15) is 0 Å². The Balaban J connectivity index is 1.46. The maximum Gasteiger partial charge on any atom is 0.319 e. The van der Waals surface area contributed by atoms with E-state index in [4.69, 9.17) is 9.47 Å². The molecule has 2 aromatic rings. The minimum absolute atomic E-state index is 0.181. The predicted molar refractivity (Wildman–Crippen MR) is 133 cm³/mol. The van der Waals surface area contributed by atoms with E-state index in [1.807, 2.05) is 24.3 Å². The molecule has 0 aromatic heterocycles. The largest absolute Gasteiger partial charge is 0.493 e. The first-order valence-electron chi connectivity index (χ1n) is 12.0. The number of benzene rings is 2. The van der Waals surface area contributed by atoms with Crippen LogP contribution in [0.2, 0.25) is 0 Å². The number of amides is 2. The highest BCUT2D eigenvalue weighted by Gasteiger charge is 2.21. The van der Waals surface area contributed by atoms with E-state index in [1.54, 1.807) is 7.11 Å². The van der Waals surface area contributed by atoms with Crippen molar-refractivity contribution < 1.29 is 14.3 Å². The normalized spacial score (nSPS) is 14.8. The van der Waals surface area contributed by atoms with Crippen LogP contribution in [0.3, 0.4) is 0 Å². The highest BCUT2D eigenvalue weighted by atomic mass is 16.5. The van der Waals surface area contributed by atoms with Gasteiger partial charge in [0.15, 0.2) is 11.5 Å². The summed E-state index contributed by atoms with van der Waals surface area (Å²) in [6.07, 6.45) is 1.89. The number of carbonyl (C=O) groups is 1. The SMILES string of the molecule is CCN(CC)CCOc1cc(NC(=O)NC2CCN(Cc3ccccc3)CC2)ccc1OC. The zero-order chi connectivity index (χ0) is 23.5. The number of hydrogen-bond acceptors (Lipinski definition) is 5. The van der Waals surface area contributed by atoms with Crippen LogP contribution in [0.4, 0.5) is 10.5 Å². The molecule has 0 unspecified atom stereocenters. The van der Waals surface area contributed by atoms with Crippen molar-refractivity contribution in [2.45, 2.75) is 39.3 Å². The Hall–Kier alpha value is -2.77. The molecule has 2 aromatic carbocycles. The maximum absolute atomic E-state index is 12.6. The molecule has 1 fully saturated rings. The average molecular weight is 455 g/mol. The van der Waals surface area contributed by atoms with Crippen molar-refractivity contribution >= 4 is 11.7 Å². The molecule has 7 nitrogen and oxygen atoms in total. The Morgan fingerprint density at radius 1 is 1.06 bits per heavy atom. The number of anilines is 1. The summed E-state index contributed by atoms with van der Waals surface area (Å²) >= 11 is 0. The van der Waals surface area contributed by atoms with Gasteiger partial charge in [0.2, 0.25) is 0 Å². The Morgan fingerprint density at radius 3 is 2.45 bits per heavy atom. The molecule has 3 rings (SSSR count). The van der Waals surface area contributed by atoms with Gasteiger partial charge in [0, 0.05) is 44.0 Å². The predicted octanol–water partition coefficient (Wildman–Crippen LogP) is 4.20. The summed E-state index contributed by atoms with van der Waals surface area (Å²) in [5.74, 6) is 1.29. The summed E-state index contributed by atoms with van der Waals surface area (Å²) in [6.45, 7) is 10.6. The van der Waals surface area contributed by atoms with E-state index in [-0.39, 0.29) is 12.1 Å². The number of nitrogens with one attached hydrogen (secondary N) is 2. The number of likely N-dealkylation sites (N-methyl/N-ethyl adjacent to an activating group) is 1. The van der Waals surface area contributed by atoms with Crippen LogP contribution in [0.1, 0.15) is 32.3 Å². The molecule has 180 valence electrons. The molecule has 2 amide bonds. The van der Waals surface area contributed by atoms with Crippen molar-refractivity contribution in [2.75, 3.05) is 51.8 Å². The van der Waals surface area contributed by atoms with Crippen LogP contribution in [-0.2, 0) is 6.54 Å². The van der Waals surface area contributed by atoms with Crippen molar-refractivity contribution in [1.29, 1.82) is 0 Å². The van der Waals surface area contributed by atoms with Gasteiger partial charge >= 0.3 is 6.03 Å². The first-order chi connectivity index (χ1) is 16.1. The van der Waals surface area contributed by atoms with E-state index in [9.17, 15) is 4.79 Å². The van der Waals surface area contributed by atoms with Crippen LogP contribution in [0.15, 0.2) is 48.5 Å². The van der Waals surface area contributed by atoms with Crippen LogP contribution in [-0.4, -0.2) is 68.3 Å². The Bertz CT molecular complexity index is 850. The van der Waals surface area contributed by atoms with E-state index in [0.29, 0.717) is 23.8 Å². The van der Waals surface area contributed by atoms with Crippen molar-refractivity contribution in [3.8, 4) is 11.5 Å². The second-order valence-corrected chi connectivity index (χ2v) is 8.38. The lowest BCUT2D eigenvalue weighted by molar-refractivity contribution is 0.190. The summed E-state index contributed by atoms with van der Waals surface area (Å²) in [5, 5.41) is 6.06. The Labute approximate surface area is 198 Å². The Kier molecular flexibility index (Phi) is 9.84. The average Bonchev–Trinajstić information content (AvgIpc) is 2.84. The Morgan fingerprint density at radius 2 is 1.79 bits per heavy atom. The van der Waals surface area contributed by atoms with E-state index in [0.717, 1.165) is 52.1 Å². The molecule has 7 heteroatoms. The highest BCUT2D eigenvalue weighted by molar-refractivity contribution is 5.89. The molecule has 0 bridgehead atoms. The summed E-state index contributed by atoms with van der Waals surface area (Å²) in [5.41, 5.74) is 2.02. The molecular formula is C26H38N4O3. The van der Waals surface area contributed by atoms with Gasteiger partial charge in [0.1, 0.15) is 6.61 Å². The molecule has 0 spiro atoms. The third-order valence-corrected chi connectivity index (χ3v) is 6.15. The monoisotopic (exact) mass is 454 g/mol. The van der Waals surface area contributed by atoms with E-state index in [1.165, 1.54) is 5.56 Å². The highest BCUT2D eigenvalue weighted by Crippen LogP contribution is 2.30. The molecule has 1 saturated heterocycles. The first-order valence-corrected chi connectivity index (χ1v) is 12.0. The second kappa shape index (κ2) is 13.1. The fraction of sp³-hybridized carbons (Fsp3) is 0.500. The molecule has 1 aliphatic heterocycles. The van der Waals surface area contributed by atoms with Gasteiger partial charge in [0.25, 0.3) is 0 Å². The molecular weight excluding hydrogens is 416 g/mol. The van der Waals surface area contributed by atoms with Gasteiger partial charge < -0.3 is 25.0 Å². The van der Waals surface area contributed by atoms with E-state index < -0.39 is 0 Å². The summed E-state index contributed by atoms with van der Waals surface area (Å²) in [6, 6.07) is 16.0. The summed E-state index contributed by atoms with van der Waals surface area (Å²) in [7, 11) is 1.62. The first kappa shape index (κ1) is 24.9. The van der Waals surface area contributed by atoms with Crippen molar-refractivity contribution in [3.63, 3.8) is 0 Å². The number of rotatable bonds is 11. The van der Waals surface area contributed by atoms with Gasteiger partial charge in [-0.3, -0.25) is 4.90 Å². The van der Waals surface area contributed by atoms with E-state index >= 15 is 0 Å². The van der Waals surface area contributed by atoms with Gasteiger partial charge in [-0.05, 0) is 43.6 Å². The van der Waals surface area contributed by atoms with Crippen LogP contribution >= 0.6 is 0 Å². The topological polar surface area (TPSA) is 66.1 Å². The fourth-order valence-electron chi connectivity index (χ4n) is 4.12. The van der Waals surface area contributed by atoms with Crippen LogP contribution in [0.25, 0.3) is 0 Å². The van der Waals surface area contributed by atoms with Crippen LogP contribution < -0.4 is 20.1 Å². The zero-order valence-electron chi connectivity index (χ0n) is 20.2. The van der Waals surface area contributed by atoms with Crippen molar-refractivity contribution in [2.24, 2.45) is 0 Å². The number of methoxy groups -OCH3 is 1. The molecule has 2 N–H and O–H groups in total. The molecule has 0 atom stereocenters. The number of carbonyl (C=O) groups excluding carboxylic acids is 1. The van der Waals surface area contributed by atoms with Crippen molar-refractivity contribution in [1.82, 2.24) is 15.1 Å². The van der Waals surface area contributed by atoms with Gasteiger partial charge in [-0.1, -0.05) is 44.2 Å². The zero-order valence-corrected chi connectivity index (χ0v) is 20.2. The van der Waals surface area contributed by atoms with Crippen molar-refractivity contribution in [3.05, 3.63) is 54.1 Å². The molecule has 1 aliphatic rings. The van der Waals surface area contributed by atoms with Gasteiger partial charge in [-0.15, -0.1) is 0 Å². The smallest absolute Gasteiger partial charge is 0.319 e. The molecule has 33 heavy (non-hydrogen) atoms. The molecule has 0 radical (unpaired) electrons. The van der Waals surface area contributed by atoms with Gasteiger partial charge in [-0.25, -0.2) is 4.79 Å². The van der Waals surface area contributed by atoms with Crippen LogP contribution in [0, 0.1) is 0 Å². The number of nitrogens with zero attached hydrogens (tertiary/aromatic N) is 2. The lowest BCUT2D eigenvalue weighted by Gasteiger charge is -2.32. The second-order valence-electron chi connectivity index (χ2n) is 8.38. The lowest BCUT2D eigenvalue weighted by Crippen LogP contribution is -2.45. The van der Waals surface area contributed by atoms with Crippen LogP contribution in [0.5, 0.6) is 11.5 Å². The number of urea groups is 1. The molecule has 1 heterocycles. The molecule has 0 aliphatic carbocycles. The minimum Gasteiger partial charge on any atom is -0.493 e. The number of hydrogen-bond donors (Lipinski definition) is 2. The number of likely N-dealkylation sites (tertiary alicyclic amines) is 1. The number of ether oxygens (including phenoxy) is 2. The van der Waals surface area contributed by atoms with Gasteiger partial charge in [0.05, 0.1) is 7.11 Å². The lowest BCUT2D eigenvalue weighted by atomic mass is 10.0. The summed E-state index contributed by atoms with van der Waals surface area (Å²) in [4.78, 5) is 17.3. The van der Waals surface area contributed by atoms with E-state index in [2.05, 4.69) is 58.5 Å². The standard InChI is InChI=1S/C26H38N4O3/c1-4-29(5-2)17-18-33-25-19-23(11-12-24(25)32-3)28-26(31)27-22-13-15-30(16-14-22)20-21-9-7-6-8-10-21/h6-12,19,22H,4-5,13-18,20H2,1-3H3,(H2,27,28,31). The maximum atomic E-state index is 12.6. The third-order valence-electron chi connectivity index (χ3n) is 6.15. The minimum atomic E-state index is -0.184. The number of piperidine rings is 1. The summed E-state index contributed by atoms with van der Waals surface area (Å²) < 4.78 is 11.4. The quantitative estimate of drug-likeness (QED) is 0.533.